The van der Waals surface area contributed by atoms with Crippen LogP contribution in [0, 0.1) is 11.8 Å². The number of carbonyl (C=O) groups is 4. The van der Waals surface area contributed by atoms with Gasteiger partial charge in [0.05, 0.1) is 26.4 Å². The molecule has 0 aliphatic rings. The minimum Gasteiger partial charge on any atom is -0.462 e. The molecule has 0 saturated carbocycles. The van der Waals surface area contributed by atoms with Crippen LogP contribution in [0.5, 0.6) is 0 Å². The normalized spacial score (nSPS) is 14.1. The van der Waals surface area contributed by atoms with Crippen LogP contribution in [0.4, 0.5) is 0 Å². The first-order chi connectivity index (χ1) is 48.4. The average molecular weight is 1460 g/mol. The molecule has 2 unspecified atom stereocenters. The number of aliphatic hydroxyl groups excluding tert-OH is 1. The van der Waals surface area contributed by atoms with Crippen LogP contribution in [-0.2, 0) is 65.4 Å². The predicted molar refractivity (Wildman–Crippen MR) is 409 cm³/mol. The molecule has 5 atom stereocenters. The van der Waals surface area contributed by atoms with Gasteiger partial charge in [0.2, 0.25) is 0 Å². The molecule has 0 aliphatic carbocycles. The van der Waals surface area contributed by atoms with Crippen molar-refractivity contribution in [2.45, 2.75) is 419 Å². The third-order valence-corrected chi connectivity index (χ3v) is 20.2. The van der Waals surface area contributed by atoms with E-state index in [9.17, 15) is 43.2 Å². The van der Waals surface area contributed by atoms with Crippen molar-refractivity contribution in [2.75, 3.05) is 39.6 Å². The Labute approximate surface area is 612 Å². The Morgan fingerprint density at radius 3 is 0.820 bits per heavy atom. The number of phosphoric acid groups is 2. The van der Waals surface area contributed by atoms with Crippen LogP contribution >= 0.6 is 15.6 Å². The Kier molecular flexibility index (Phi) is 70.3. The van der Waals surface area contributed by atoms with Crippen LogP contribution in [0.3, 0.4) is 0 Å². The molecule has 3 N–H and O–H groups in total. The molecule has 0 aromatic heterocycles. The summed E-state index contributed by atoms with van der Waals surface area (Å²) in [5, 5.41) is 10.6. The van der Waals surface area contributed by atoms with E-state index in [-0.39, 0.29) is 25.7 Å². The lowest BCUT2D eigenvalue weighted by molar-refractivity contribution is -0.161. The van der Waals surface area contributed by atoms with Crippen LogP contribution in [0.2, 0.25) is 0 Å². The minimum atomic E-state index is -4.97. The second-order valence-corrected chi connectivity index (χ2v) is 32.3. The van der Waals surface area contributed by atoms with Gasteiger partial charge >= 0.3 is 39.5 Å². The molecule has 19 heteroatoms. The number of esters is 4. The van der Waals surface area contributed by atoms with Gasteiger partial charge < -0.3 is 33.8 Å². The number of carbonyl (C=O) groups excluding carboxylic acids is 4. The molecule has 0 bridgehead atoms. The Bertz CT molecular complexity index is 2020. The molecule has 0 aromatic carbocycles. The van der Waals surface area contributed by atoms with Crippen molar-refractivity contribution in [3.8, 4) is 0 Å². The third kappa shape index (κ3) is 73.8. The monoisotopic (exact) mass is 1460 g/mol. The molecule has 0 aromatic rings. The van der Waals surface area contributed by atoms with E-state index in [1.807, 2.05) is 0 Å². The first kappa shape index (κ1) is 97.5. The molecule has 17 nitrogen and oxygen atoms in total. The molecular weight excluding hydrogens is 1310 g/mol. The summed E-state index contributed by atoms with van der Waals surface area (Å²) in [7, 11) is -9.93. The fourth-order valence-corrected chi connectivity index (χ4v) is 13.6. The number of unbranched alkanes of at least 4 members (excludes halogenated alkanes) is 45. The summed E-state index contributed by atoms with van der Waals surface area (Å²) in [6.45, 7) is 9.55. The van der Waals surface area contributed by atoms with Crippen molar-refractivity contribution in [3.05, 3.63) is 24.3 Å². The van der Waals surface area contributed by atoms with Crippen molar-refractivity contribution in [1.29, 1.82) is 0 Å². The lowest BCUT2D eigenvalue weighted by Gasteiger charge is -2.21. The average Bonchev–Trinajstić information content (AvgIpc) is 0.923. The highest BCUT2D eigenvalue weighted by atomic mass is 31.2. The van der Waals surface area contributed by atoms with E-state index in [0.717, 1.165) is 121 Å². The highest BCUT2D eigenvalue weighted by Gasteiger charge is 2.30. The van der Waals surface area contributed by atoms with Crippen molar-refractivity contribution < 1.29 is 80.2 Å². The zero-order valence-electron chi connectivity index (χ0n) is 65.0. The quantitative estimate of drug-likeness (QED) is 0.0169. The molecule has 590 valence electrons. The Balaban J connectivity index is 5.29. The van der Waals surface area contributed by atoms with Gasteiger partial charge in [-0.2, -0.15) is 0 Å². The number of allylic oxidation sites excluding steroid dienone is 4. The number of hydrogen-bond donors (Lipinski definition) is 3. The van der Waals surface area contributed by atoms with Gasteiger partial charge in [0, 0.05) is 25.7 Å². The summed E-state index contributed by atoms with van der Waals surface area (Å²) in [5.41, 5.74) is 0. The fourth-order valence-electron chi connectivity index (χ4n) is 12.0. The molecule has 0 fully saturated rings. The zero-order chi connectivity index (χ0) is 73.5. The molecule has 0 rings (SSSR count). The van der Waals surface area contributed by atoms with Gasteiger partial charge in [-0.15, -0.1) is 0 Å². The van der Waals surface area contributed by atoms with E-state index in [1.165, 1.54) is 199 Å². The van der Waals surface area contributed by atoms with Crippen molar-refractivity contribution >= 4 is 39.5 Å². The van der Waals surface area contributed by atoms with E-state index in [0.29, 0.717) is 25.7 Å². The SMILES string of the molecule is CCCCCC/C=C\C=C/CCCCCCCC(=O)OC[C@H](COP(=O)(O)OC[C@@H](O)COP(=O)(O)OC[C@@H](COC(=O)CCCCCCCCCCCC(C)C)OC(=O)CCCCCCCCCCCCCC(C)C)OC(=O)CCCCCCCCCCCCCCCCCCCCC. The van der Waals surface area contributed by atoms with Gasteiger partial charge in [-0.25, -0.2) is 9.13 Å². The topological polar surface area (TPSA) is 237 Å². The van der Waals surface area contributed by atoms with E-state index in [2.05, 4.69) is 65.8 Å². The van der Waals surface area contributed by atoms with Gasteiger partial charge in [-0.05, 0) is 63.2 Å². The van der Waals surface area contributed by atoms with Crippen LogP contribution in [0.15, 0.2) is 24.3 Å². The summed E-state index contributed by atoms with van der Waals surface area (Å²) in [6, 6.07) is 0. The van der Waals surface area contributed by atoms with Crippen LogP contribution in [-0.4, -0.2) is 96.7 Å². The van der Waals surface area contributed by atoms with E-state index in [4.69, 9.17) is 37.0 Å². The van der Waals surface area contributed by atoms with Crippen molar-refractivity contribution in [2.24, 2.45) is 11.8 Å². The number of ether oxygens (including phenoxy) is 4. The largest absolute Gasteiger partial charge is 0.472 e. The third-order valence-electron chi connectivity index (χ3n) is 18.3. The highest BCUT2D eigenvalue weighted by Crippen LogP contribution is 2.45. The second-order valence-electron chi connectivity index (χ2n) is 29.4. The molecule has 0 spiro atoms. The second kappa shape index (κ2) is 72.1. The Morgan fingerprint density at radius 1 is 0.310 bits per heavy atom. The maximum absolute atomic E-state index is 13.1. The first-order valence-electron chi connectivity index (χ1n) is 41.3. The Morgan fingerprint density at radius 2 is 0.540 bits per heavy atom. The fraction of sp³-hybridized carbons (Fsp3) is 0.901. The number of rotatable bonds is 78. The van der Waals surface area contributed by atoms with Gasteiger partial charge in [0.15, 0.2) is 12.2 Å². The minimum absolute atomic E-state index is 0.102. The van der Waals surface area contributed by atoms with Crippen LogP contribution in [0.1, 0.15) is 401 Å². The summed E-state index contributed by atoms with van der Waals surface area (Å²) in [5.74, 6) is -0.633. The highest BCUT2D eigenvalue weighted by molar-refractivity contribution is 7.47. The van der Waals surface area contributed by atoms with E-state index < -0.39 is 97.5 Å². The summed E-state index contributed by atoms with van der Waals surface area (Å²) >= 11 is 0. The number of hydrogen-bond acceptors (Lipinski definition) is 15. The van der Waals surface area contributed by atoms with Gasteiger partial charge in [0.25, 0.3) is 0 Å². The maximum atomic E-state index is 13.1. The molecule has 0 amide bonds. The predicted octanol–water partition coefficient (Wildman–Crippen LogP) is 23.8. The first-order valence-corrected chi connectivity index (χ1v) is 44.3. The smallest absolute Gasteiger partial charge is 0.462 e. The number of aliphatic hydroxyl groups is 1. The lowest BCUT2D eigenvalue weighted by Crippen LogP contribution is -2.30. The molecule has 0 aliphatic heterocycles. The van der Waals surface area contributed by atoms with Gasteiger partial charge in [0.1, 0.15) is 19.3 Å². The van der Waals surface area contributed by atoms with Crippen molar-refractivity contribution in [3.63, 3.8) is 0 Å². The van der Waals surface area contributed by atoms with Crippen LogP contribution in [0.25, 0.3) is 0 Å². The standard InChI is InChI=1S/C81H154O17P2/c1-7-9-11-13-15-17-19-21-23-24-25-26-28-30-34-40-47-53-59-65-80(85)97-76(69-91-78(83)63-57-51-45-39-33-29-27-22-20-18-16-14-12-10-8-2)71-95-99(87,88)93-67-75(82)68-94-100(89,90)96-72-77(70-92-79(84)64-58-52-46-42-36-38-44-50-56-62-74(5)6)98-81(86)66-60-54-48-41-35-31-32-37-43-49-55-61-73(3)4/h18,20,22,27,73-77,82H,7-17,19,21,23-26,28-72H2,1-6H3,(H,87,88)(H,89,90)/b20-18-,27-22-/t75-,76-,77-/m1/s1. The lowest BCUT2D eigenvalue weighted by atomic mass is 10.0. The molecule has 100 heavy (non-hydrogen) atoms. The van der Waals surface area contributed by atoms with Crippen molar-refractivity contribution in [1.82, 2.24) is 0 Å². The zero-order valence-corrected chi connectivity index (χ0v) is 66.8. The van der Waals surface area contributed by atoms with Gasteiger partial charge in [-0.3, -0.25) is 37.3 Å². The van der Waals surface area contributed by atoms with Crippen LogP contribution < -0.4 is 0 Å². The number of phosphoric ester groups is 2. The summed E-state index contributed by atoms with van der Waals surface area (Å²) < 4.78 is 68.7. The molecule has 0 heterocycles. The molecule has 0 saturated heterocycles. The van der Waals surface area contributed by atoms with Gasteiger partial charge in [-0.1, -0.05) is 348 Å². The molecule has 0 radical (unpaired) electrons. The maximum Gasteiger partial charge on any atom is 0.472 e. The van der Waals surface area contributed by atoms with E-state index >= 15 is 0 Å². The Hall–Kier alpha value is -2.46. The van der Waals surface area contributed by atoms with E-state index in [1.54, 1.807) is 0 Å². The summed E-state index contributed by atoms with van der Waals surface area (Å²) in [4.78, 5) is 73.0. The molecular formula is C81H154O17P2. The summed E-state index contributed by atoms with van der Waals surface area (Å²) in [6.07, 6.45) is 64.6.